The topological polar surface area (TPSA) is 93.2 Å². The first-order valence-corrected chi connectivity index (χ1v) is 14.0. The molecule has 0 saturated carbocycles. The van der Waals surface area contributed by atoms with Gasteiger partial charge in [0.25, 0.3) is 0 Å². The minimum Gasteiger partial charge on any atom is -0.480 e. The van der Waals surface area contributed by atoms with Crippen LogP contribution in [0.2, 0.25) is 0 Å². The van der Waals surface area contributed by atoms with Crippen LogP contribution in [0.15, 0.2) is 30.3 Å². The van der Waals surface area contributed by atoms with Gasteiger partial charge in [0.05, 0.1) is 12.5 Å². The van der Waals surface area contributed by atoms with Crippen LogP contribution in [0, 0.1) is 5.92 Å². The Morgan fingerprint density at radius 3 is 2.57 bits per heavy atom. The number of rotatable bonds is 8. The first-order chi connectivity index (χ1) is 16.5. The van der Waals surface area contributed by atoms with Crippen molar-refractivity contribution in [1.29, 1.82) is 0 Å². The molecule has 0 aromatic heterocycles. The van der Waals surface area contributed by atoms with E-state index in [1.807, 2.05) is 44.2 Å². The Kier molecular flexibility index (Phi) is 7.71. The highest BCUT2D eigenvalue weighted by Gasteiger charge is 2.64. The van der Waals surface area contributed by atoms with Gasteiger partial charge in [-0.15, -0.1) is 11.8 Å². The maximum Gasteiger partial charge on any atom is 0.327 e. The highest BCUT2D eigenvalue weighted by atomic mass is 32.2. The smallest absolute Gasteiger partial charge is 0.327 e. The fourth-order valence-corrected chi connectivity index (χ4v) is 7.59. The molecule has 8 nitrogen and oxygen atoms in total. The second-order valence-corrected chi connectivity index (χ2v) is 13.5. The Hall–Kier alpha value is -1.82. The molecule has 4 rings (SSSR count). The van der Waals surface area contributed by atoms with E-state index in [2.05, 4.69) is 29.0 Å². The number of benzene rings is 1. The maximum atomic E-state index is 13.7. The van der Waals surface area contributed by atoms with Crippen molar-refractivity contribution < 1.29 is 19.5 Å². The van der Waals surface area contributed by atoms with E-state index < -0.39 is 28.8 Å². The quantitative estimate of drug-likeness (QED) is 0.384. The molecule has 1 aromatic carbocycles. The van der Waals surface area contributed by atoms with E-state index in [4.69, 9.17) is 12.2 Å². The number of hydrogen-bond donors (Lipinski definition) is 2. The number of nitrogens with zero attached hydrogens (tertiary/aromatic N) is 3. The number of nitrogens with one attached hydrogen (secondary N) is 1. The van der Waals surface area contributed by atoms with Crippen molar-refractivity contribution in [2.45, 2.75) is 62.4 Å². The van der Waals surface area contributed by atoms with Gasteiger partial charge < -0.3 is 20.2 Å². The Balaban J connectivity index is 1.53. The van der Waals surface area contributed by atoms with Crippen LogP contribution >= 0.6 is 35.7 Å². The van der Waals surface area contributed by atoms with Crippen LogP contribution in [-0.2, 0) is 14.4 Å². The van der Waals surface area contributed by atoms with Crippen molar-refractivity contribution in [3.8, 4) is 0 Å². The van der Waals surface area contributed by atoms with E-state index >= 15 is 0 Å². The summed E-state index contributed by atoms with van der Waals surface area (Å²) in [6.45, 7) is 9.36. The molecule has 2 N–H and O–H groups in total. The van der Waals surface area contributed by atoms with Crippen molar-refractivity contribution in [2.75, 3.05) is 19.1 Å². The van der Waals surface area contributed by atoms with Gasteiger partial charge in [0, 0.05) is 11.3 Å². The molecule has 0 spiro atoms. The van der Waals surface area contributed by atoms with Gasteiger partial charge >= 0.3 is 5.97 Å². The summed E-state index contributed by atoms with van der Waals surface area (Å²) in [6, 6.07) is 7.31. The standard InChI is InChI=1S/C24H32N4O4S3/c1-14(2)10-11-26-12-27(13-34-23(26)33)17(15-8-6-5-7-9-15)19(29)25-16-20(30)28-18(22(31)32)24(3,4)35-21(16)28/h5-9,14,16-18,21H,10-13H2,1-4H3,(H,25,29)(H,31,32)/t16?,17?,18-,21+/m0/s1. The number of β-lactam (4-membered cyclic amide) rings is 1. The zero-order valence-electron chi connectivity index (χ0n) is 20.3. The summed E-state index contributed by atoms with van der Waals surface area (Å²) in [7, 11) is 0. The van der Waals surface area contributed by atoms with Crippen LogP contribution in [0.5, 0.6) is 0 Å². The third-order valence-corrected chi connectivity index (χ3v) is 9.79. The van der Waals surface area contributed by atoms with Gasteiger partial charge in [0.15, 0.2) is 0 Å². The molecule has 0 radical (unpaired) electrons. The SMILES string of the molecule is CC(C)CCN1CN(C(C(=O)NC2C(=O)N3[C@@H]2SC(C)(C)[C@@H]3C(=O)O)c2ccccc2)CSC1=S. The van der Waals surface area contributed by atoms with Gasteiger partial charge in [-0.25, -0.2) is 4.79 Å². The number of carboxylic acid groups (broad SMARTS) is 1. The lowest BCUT2D eigenvalue weighted by atomic mass is 9.95. The van der Waals surface area contributed by atoms with Crippen LogP contribution in [0.25, 0.3) is 0 Å². The van der Waals surface area contributed by atoms with Gasteiger partial charge in [-0.3, -0.25) is 14.5 Å². The van der Waals surface area contributed by atoms with E-state index in [1.165, 1.54) is 16.7 Å². The van der Waals surface area contributed by atoms with Crippen LogP contribution in [0.3, 0.4) is 0 Å². The van der Waals surface area contributed by atoms with E-state index in [0.717, 1.165) is 22.8 Å². The van der Waals surface area contributed by atoms with Crippen LogP contribution in [0.4, 0.5) is 0 Å². The molecule has 3 heterocycles. The second-order valence-electron chi connectivity index (χ2n) is 10.1. The Bertz CT molecular complexity index is 1010. The number of carbonyl (C=O) groups excluding carboxylic acids is 2. The minimum absolute atomic E-state index is 0.261. The van der Waals surface area contributed by atoms with Crippen molar-refractivity contribution in [3.05, 3.63) is 35.9 Å². The maximum absolute atomic E-state index is 13.7. The highest BCUT2D eigenvalue weighted by molar-refractivity contribution is 8.22. The Labute approximate surface area is 220 Å². The predicted octanol–water partition coefficient (Wildman–Crippen LogP) is 2.96. The van der Waals surface area contributed by atoms with Gasteiger partial charge in [-0.05, 0) is 31.7 Å². The second kappa shape index (κ2) is 10.3. The fourth-order valence-electron chi connectivity index (χ4n) is 4.82. The van der Waals surface area contributed by atoms with Crippen LogP contribution in [-0.4, -0.2) is 83.2 Å². The molecule has 0 aliphatic carbocycles. The van der Waals surface area contributed by atoms with E-state index in [9.17, 15) is 19.5 Å². The summed E-state index contributed by atoms with van der Waals surface area (Å²) in [5.41, 5.74) is 0.841. The molecule has 2 amide bonds. The summed E-state index contributed by atoms with van der Waals surface area (Å²) in [4.78, 5) is 44.1. The molecule has 2 unspecified atom stereocenters. The lowest BCUT2D eigenvalue weighted by molar-refractivity contribution is -0.161. The third-order valence-electron chi connectivity index (χ3n) is 6.64. The molecule has 0 bridgehead atoms. The zero-order chi connectivity index (χ0) is 25.5. The monoisotopic (exact) mass is 536 g/mol. The summed E-state index contributed by atoms with van der Waals surface area (Å²) in [6.07, 6.45) is 1.00. The predicted molar refractivity (Wildman–Crippen MR) is 143 cm³/mol. The molecule has 35 heavy (non-hydrogen) atoms. The molecule has 3 fully saturated rings. The number of amides is 2. The third kappa shape index (κ3) is 5.19. The van der Waals surface area contributed by atoms with Crippen molar-refractivity contribution >= 4 is 57.8 Å². The largest absolute Gasteiger partial charge is 0.480 e. The van der Waals surface area contributed by atoms with E-state index in [-0.39, 0.29) is 17.2 Å². The molecule has 11 heteroatoms. The molecule has 3 aliphatic rings. The lowest BCUT2D eigenvalue weighted by Crippen LogP contribution is -2.71. The van der Waals surface area contributed by atoms with Gasteiger partial charge in [0.2, 0.25) is 11.8 Å². The van der Waals surface area contributed by atoms with Crippen LogP contribution in [0.1, 0.15) is 45.7 Å². The summed E-state index contributed by atoms with van der Waals surface area (Å²) < 4.78 is 0.198. The average Bonchev–Trinajstić information content (AvgIpc) is 3.06. The van der Waals surface area contributed by atoms with Crippen molar-refractivity contribution in [3.63, 3.8) is 0 Å². The molecule has 4 atom stereocenters. The number of thioether (sulfide) groups is 2. The van der Waals surface area contributed by atoms with Gasteiger partial charge in [0.1, 0.15) is 27.8 Å². The summed E-state index contributed by atoms with van der Waals surface area (Å²) >= 11 is 8.55. The van der Waals surface area contributed by atoms with E-state index in [1.54, 1.807) is 11.8 Å². The molecular weight excluding hydrogens is 504 g/mol. The fraction of sp³-hybridized carbons (Fsp3) is 0.583. The molecule has 190 valence electrons. The van der Waals surface area contributed by atoms with Crippen molar-refractivity contribution in [1.82, 2.24) is 20.0 Å². The highest BCUT2D eigenvalue weighted by Crippen LogP contribution is 2.50. The molecule has 1 aromatic rings. The first-order valence-electron chi connectivity index (χ1n) is 11.7. The summed E-state index contributed by atoms with van der Waals surface area (Å²) in [5, 5.41) is 12.2. The number of fused-ring (bicyclic) bond motifs is 1. The van der Waals surface area contributed by atoms with Crippen molar-refractivity contribution in [2.24, 2.45) is 5.92 Å². The number of thiocarbonyl (C=S) groups is 1. The number of carboxylic acids is 1. The molecule has 3 saturated heterocycles. The number of aliphatic carboxylic acids is 1. The normalized spacial score (nSPS) is 26.9. The molecule has 3 aliphatic heterocycles. The zero-order valence-corrected chi connectivity index (χ0v) is 22.8. The Morgan fingerprint density at radius 1 is 1.26 bits per heavy atom. The van der Waals surface area contributed by atoms with Gasteiger partial charge in [-0.2, -0.15) is 0 Å². The number of carbonyl (C=O) groups is 3. The number of hydrogen-bond acceptors (Lipinski definition) is 7. The molecular formula is C24H32N4O4S3. The van der Waals surface area contributed by atoms with Crippen LogP contribution < -0.4 is 5.32 Å². The lowest BCUT2D eigenvalue weighted by Gasteiger charge is -2.45. The first kappa shape index (κ1) is 26.2. The average molecular weight is 537 g/mol. The summed E-state index contributed by atoms with van der Waals surface area (Å²) in [5.74, 6) is -0.507. The Morgan fingerprint density at radius 2 is 1.94 bits per heavy atom. The van der Waals surface area contributed by atoms with E-state index in [0.29, 0.717) is 18.5 Å². The van der Waals surface area contributed by atoms with Gasteiger partial charge in [-0.1, -0.05) is 68.2 Å². The minimum atomic E-state index is -1.02.